The van der Waals surface area contributed by atoms with Gasteiger partial charge in [-0.25, -0.2) is 0 Å². The van der Waals surface area contributed by atoms with Crippen LogP contribution in [0.5, 0.6) is 5.75 Å². The van der Waals surface area contributed by atoms with Crippen LogP contribution in [0.25, 0.3) is 0 Å². The van der Waals surface area contributed by atoms with Crippen LogP contribution in [-0.4, -0.2) is 27.6 Å². The van der Waals surface area contributed by atoms with Crippen LogP contribution in [0.15, 0.2) is 12.4 Å². The molecule has 4 heteroatoms. The fourth-order valence-electron chi connectivity index (χ4n) is 0.690. The third kappa shape index (κ3) is 2.59. The molecule has 1 rings (SSSR count). The molecule has 0 saturated heterocycles. The Morgan fingerprint density at radius 2 is 2.55 bits per heavy atom. The summed E-state index contributed by atoms with van der Waals surface area (Å²) in [5.41, 5.74) is 0. The number of nitrogens with zero attached hydrogens (tertiary/aromatic N) is 2. The molecular weight excluding hydrogens is 144 g/mol. The molecule has 0 amide bonds. The number of aliphatic hydroxyl groups is 1. The van der Waals surface area contributed by atoms with Gasteiger partial charge in [-0.15, -0.1) is 0 Å². The van der Waals surface area contributed by atoms with Gasteiger partial charge in [-0.1, -0.05) is 0 Å². The average molecular weight is 156 g/mol. The summed E-state index contributed by atoms with van der Waals surface area (Å²) in [5, 5.41) is 12.8. The van der Waals surface area contributed by atoms with Crippen molar-refractivity contribution in [3.63, 3.8) is 0 Å². The maximum Gasteiger partial charge on any atom is 0.157 e. The van der Waals surface area contributed by atoms with Gasteiger partial charge in [0.25, 0.3) is 0 Å². The second-order valence-corrected chi connectivity index (χ2v) is 2.51. The quantitative estimate of drug-likeness (QED) is 0.679. The maximum absolute atomic E-state index is 8.87. The molecule has 0 bridgehead atoms. The van der Waals surface area contributed by atoms with E-state index in [2.05, 4.69) is 5.10 Å². The minimum Gasteiger partial charge on any atom is -0.488 e. The maximum atomic E-state index is 8.87. The molecule has 0 fully saturated rings. The average Bonchev–Trinajstić information content (AvgIpc) is 2.31. The van der Waals surface area contributed by atoms with Crippen LogP contribution in [0.2, 0.25) is 0 Å². The Bertz CT molecular complexity index is 220. The highest BCUT2D eigenvalue weighted by atomic mass is 16.5. The van der Waals surface area contributed by atoms with Crippen LogP contribution in [-0.2, 0) is 7.05 Å². The predicted molar refractivity (Wildman–Crippen MR) is 40.4 cm³/mol. The molecule has 0 aromatic carbocycles. The van der Waals surface area contributed by atoms with Gasteiger partial charge in [0.15, 0.2) is 5.75 Å². The monoisotopic (exact) mass is 156 g/mol. The van der Waals surface area contributed by atoms with Crippen LogP contribution in [0.4, 0.5) is 0 Å². The number of rotatable bonds is 3. The van der Waals surface area contributed by atoms with Gasteiger partial charge in [-0.2, -0.15) is 5.10 Å². The van der Waals surface area contributed by atoms with E-state index < -0.39 is 6.10 Å². The van der Waals surface area contributed by atoms with E-state index in [1.807, 2.05) is 7.05 Å². The van der Waals surface area contributed by atoms with Crippen LogP contribution in [0.1, 0.15) is 6.92 Å². The van der Waals surface area contributed by atoms with E-state index in [0.717, 1.165) is 0 Å². The Labute approximate surface area is 65.4 Å². The summed E-state index contributed by atoms with van der Waals surface area (Å²) in [6.45, 7) is 1.99. The van der Waals surface area contributed by atoms with Gasteiger partial charge in [-0.3, -0.25) is 4.68 Å². The van der Waals surface area contributed by atoms with Crippen molar-refractivity contribution in [2.45, 2.75) is 13.0 Å². The van der Waals surface area contributed by atoms with E-state index >= 15 is 0 Å². The van der Waals surface area contributed by atoms with Gasteiger partial charge < -0.3 is 9.84 Å². The molecule has 0 aliphatic rings. The first kappa shape index (κ1) is 8.07. The van der Waals surface area contributed by atoms with Crippen molar-refractivity contribution in [2.24, 2.45) is 7.05 Å². The molecule has 11 heavy (non-hydrogen) atoms. The highest BCUT2D eigenvalue weighted by Gasteiger charge is 1.98. The third-order valence-electron chi connectivity index (χ3n) is 1.17. The zero-order valence-corrected chi connectivity index (χ0v) is 6.69. The molecule has 4 nitrogen and oxygen atoms in total. The second kappa shape index (κ2) is 3.39. The molecular formula is C7H12N2O2. The second-order valence-electron chi connectivity index (χ2n) is 2.51. The molecule has 0 aliphatic carbocycles. The van der Waals surface area contributed by atoms with Crippen LogP contribution in [0.3, 0.4) is 0 Å². The SMILES string of the molecule is C[C@@H](O)COc1cnn(C)c1. The summed E-state index contributed by atoms with van der Waals surface area (Å²) >= 11 is 0. The van der Waals surface area contributed by atoms with Gasteiger partial charge in [0.05, 0.1) is 18.5 Å². The van der Waals surface area contributed by atoms with Gasteiger partial charge in [0.1, 0.15) is 6.61 Å². The zero-order valence-electron chi connectivity index (χ0n) is 6.69. The number of ether oxygens (including phenoxy) is 1. The molecule has 1 aromatic rings. The summed E-state index contributed by atoms with van der Waals surface area (Å²) in [5.74, 6) is 0.688. The molecule has 0 saturated carbocycles. The predicted octanol–water partition coefficient (Wildman–Crippen LogP) is 0.180. The van der Waals surface area contributed by atoms with Crippen molar-refractivity contribution in [1.82, 2.24) is 9.78 Å². The van der Waals surface area contributed by atoms with Crippen molar-refractivity contribution in [3.05, 3.63) is 12.4 Å². The first-order chi connectivity index (χ1) is 5.18. The molecule has 0 unspecified atom stereocenters. The molecule has 62 valence electrons. The smallest absolute Gasteiger partial charge is 0.157 e. The molecule has 0 aliphatic heterocycles. The Kier molecular flexibility index (Phi) is 2.48. The van der Waals surface area contributed by atoms with E-state index in [-0.39, 0.29) is 0 Å². The summed E-state index contributed by atoms with van der Waals surface area (Å²) in [6, 6.07) is 0. The summed E-state index contributed by atoms with van der Waals surface area (Å²) in [6.07, 6.45) is 2.93. The lowest BCUT2D eigenvalue weighted by atomic mass is 10.4. The van der Waals surface area contributed by atoms with Gasteiger partial charge in [0, 0.05) is 7.05 Å². The van der Waals surface area contributed by atoms with Crippen molar-refractivity contribution in [3.8, 4) is 5.75 Å². The molecule has 1 N–H and O–H groups in total. The highest BCUT2D eigenvalue weighted by Crippen LogP contribution is 2.06. The topological polar surface area (TPSA) is 47.3 Å². The minimum absolute atomic E-state index is 0.311. The Morgan fingerprint density at radius 1 is 1.82 bits per heavy atom. The van der Waals surface area contributed by atoms with Crippen molar-refractivity contribution in [1.29, 1.82) is 0 Å². The molecule has 1 aromatic heterocycles. The van der Waals surface area contributed by atoms with Crippen LogP contribution >= 0.6 is 0 Å². The molecule has 0 radical (unpaired) electrons. The molecule has 0 spiro atoms. The Balaban J connectivity index is 2.39. The van der Waals surface area contributed by atoms with Crippen molar-refractivity contribution >= 4 is 0 Å². The van der Waals surface area contributed by atoms with Crippen LogP contribution < -0.4 is 4.74 Å². The van der Waals surface area contributed by atoms with Gasteiger partial charge in [-0.05, 0) is 6.92 Å². The third-order valence-corrected chi connectivity index (χ3v) is 1.17. The van der Waals surface area contributed by atoms with Gasteiger partial charge >= 0.3 is 0 Å². The standard InChI is InChI=1S/C7H12N2O2/c1-6(10)5-11-7-3-8-9(2)4-7/h3-4,6,10H,5H2,1-2H3/t6-/m1/s1. The lowest BCUT2D eigenvalue weighted by Crippen LogP contribution is -2.12. The van der Waals surface area contributed by atoms with E-state index in [1.165, 1.54) is 0 Å². The molecule has 1 heterocycles. The Morgan fingerprint density at radius 3 is 3.00 bits per heavy atom. The minimum atomic E-state index is -0.435. The highest BCUT2D eigenvalue weighted by molar-refractivity contribution is 5.11. The fourth-order valence-corrected chi connectivity index (χ4v) is 0.690. The summed E-state index contributed by atoms with van der Waals surface area (Å²) < 4.78 is 6.81. The number of aromatic nitrogens is 2. The fraction of sp³-hybridized carbons (Fsp3) is 0.571. The normalized spacial score (nSPS) is 13.0. The van der Waals surface area contributed by atoms with E-state index in [4.69, 9.17) is 9.84 Å². The zero-order chi connectivity index (χ0) is 8.27. The van der Waals surface area contributed by atoms with Crippen molar-refractivity contribution in [2.75, 3.05) is 6.61 Å². The first-order valence-electron chi connectivity index (χ1n) is 3.48. The summed E-state index contributed by atoms with van der Waals surface area (Å²) in [4.78, 5) is 0. The van der Waals surface area contributed by atoms with E-state index in [1.54, 1.807) is 24.0 Å². The number of aliphatic hydroxyl groups excluding tert-OH is 1. The number of aryl methyl sites for hydroxylation is 1. The number of hydrogen-bond acceptors (Lipinski definition) is 3. The van der Waals surface area contributed by atoms with E-state index in [9.17, 15) is 0 Å². The molecule has 1 atom stereocenters. The Hall–Kier alpha value is -1.03. The van der Waals surface area contributed by atoms with E-state index in [0.29, 0.717) is 12.4 Å². The lowest BCUT2D eigenvalue weighted by Gasteiger charge is -2.03. The largest absolute Gasteiger partial charge is 0.488 e. The van der Waals surface area contributed by atoms with Crippen LogP contribution in [0, 0.1) is 0 Å². The van der Waals surface area contributed by atoms with Gasteiger partial charge in [0.2, 0.25) is 0 Å². The lowest BCUT2D eigenvalue weighted by molar-refractivity contribution is 0.122. The summed E-state index contributed by atoms with van der Waals surface area (Å²) in [7, 11) is 1.81. The van der Waals surface area contributed by atoms with Crippen molar-refractivity contribution < 1.29 is 9.84 Å². The number of hydrogen-bond donors (Lipinski definition) is 1. The first-order valence-corrected chi connectivity index (χ1v) is 3.48.